The van der Waals surface area contributed by atoms with Gasteiger partial charge in [-0.25, -0.2) is 0 Å². The van der Waals surface area contributed by atoms with E-state index >= 15 is 0 Å². The molecule has 1 atom stereocenters. The summed E-state index contributed by atoms with van der Waals surface area (Å²) in [6.45, 7) is 5.07. The van der Waals surface area contributed by atoms with Gasteiger partial charge in [0.15, 0.2) is 0 Å². The first-order valence-electron chi connectivity index (χ1n) is 8.49. The van der Waals surface area contributed by atoms with Crippen LogP contribution in [0.15, 0.2) is 48.5 Å². The highest BCUT2D eigenvalue weighted by Crippen LogP contribution is 2.41. The normalized spacial score (nSPS) is 18.7. The van der Waals surface area contributed by atoms with E-state index in [-0.39, 0.29) is 17.4 Å². The van der Waals surface area contributed by atoms with Crippen LogP contribution in [0, 0.1) is 0 Å². The predicted octanol–water partition coefficient (Wildman–Crippen LogP) is 4.38. The minimum absolute atomic E-state index is 0.0209. The molecule has 1 amide bonds. The van der Waals surface area contributed by atoms with E-state index in [9.17, 15) is 4.79 Å². The van der Waals surface area contributed by atoms with Crippen LogP contribution in [0.3, 0.4) is 0 Å². The molecule has 0 heterocycles. The third kappa shape index (κ3) is 3.36. The van der Waals surface area contributed by atoms with Gasteiger partial charge in [-0.05, 0) is 47.1 Å². The summed E-state index contributed by atoms with van der Waals surface area (Å²) in [5, 5.41) is 3.22. The minimum atomic E-state index is -0.0209. The van der Waals surface area contributed by atoms with Crippen LogP contribution < -0.4 is 5.32 Å². The molecule has 1 aliphatic carbocycles. The van der Waals surface area contributed by atoms with Crippen LogP contribution in [0.1, 0.15) is 59.8 Å². The molecule has 0 saturated heterocycles. The van der Waals surface area contributed by atoms with Crippen molar-refractivity contribution in [2.24, 2.45) is 0 Å². The van der Waals surface area contributed by atoms with Crippen molar-refractivity contribution in [1.29, 1.82) is 0 Å². The zero-order valence-corrected chi connectivity index (χ0v) is 14.6. The molecule has 0 radical (unpaired) electrons. The van der Waals surface area contributed by atoms with Gasteiger partial charge in [0.25, 0.3) is 5.91 Å². The maximum absolute atomic E-state index is 12.7. The van der Waals surface area contributed by atoms with Crippen LogP contribution in [0.25, 0.3) is 0 Å². The summed E-state index contributed by atoms with van der Waals surface area (Å²) >= 11 is 0. The van der Waals surface area contributed by atoms with Crippen molar-refractivity contribution < 1.29 is 9.53 Å². The number of carbonyl (C=O) groups is 1. The standard InChI is InChI=1S/C21H25NO2/c1-21(2)12-11-19(17-9-4-5-10-18(17)21)22-20(23)16-8-6-7-15(13-16)14-24-3/h4-10,13,19H,11-12,14H2,1-3H3,(H,22,23). The summed E-state index contributed by atoms with van der Waals surface area (Å²) in [6.07, 6.45) is 2.03. The van der Waals surface area contributed by atoms with E-state index in [0.717, 1.165) is 18.4 Å². The van der Waals surface area contributed by atoms with Gasteiger partial charge in [-0.15, -0.1) is 0 Å². The number of carbonyl (C=O) groups excluding carboxylic acids is 1. The lowest BCUT2D eigenvalue weighted by Gasteiger charge is -2.37. The topological polar surface area (TPSA) is 38.3 Å². The lowest BCUT2D eigenvalue weighted by molar-refractivity contribution is 0.0929. The molecule has 1 N–H and O–H groups in total. The third-order valence-electron chi connectivity index (χ3n) is 4.93. The molecule has 0 fully saturated rings. The SMILES string of the molecule is COCc1cccc(C(=O)NC2CCC(C)(C)c3ccccc32)c1. The first kappa shape index (κ1) is 16.7. The second kappa shape index (κ2) is 6.78. The number of nitrogens with one attached hydrogen (secondary N) is 1. The van der Waals surface area contributed by atoms with E-state index in [0.29, 0.717) is 12.2 Å². The molecule has 2 aromatic carbocycles. The Morgan fingerprint density at radius 2 is 2.00 bits per heavy atom. The summed E-state index contributed by atoms with van der Waals surface area (Å²) in [5.41, 5.74) is 4.45. The van der Waals surface area contributed by atoms with E-state index < -0.39 is 0 Å². The summed E-state index contributed by atoms with van der Waals surface area (Å²) in [5.74, 6) is -0.0209. The molecular formula is C21H25NO2. The summed E-state index contributed by atoms with van der Waals surface area (Å²) in [4.78, 5) is 12.7. The Morgan fingerprint density at radius 3 is 2.79 bits per heavy atom. The van der Waals surface area contributed by atoms with Gasteiger partial charge in [-0.3, -0.25) is 4.79 Å². The monoisotopic (exact) mass is 323 g/mol. The number of hydrogen-bond donors (Lipinski definition) is 1. The average molecular weight is 323 g/mol. The van der Waals surface area contributed by atoms with E-state index in [2.05, 4.69) is 43.4 Å². The molecule has 0 spiro atoms. The Balaban J connectivity index is 1.81. The zero-order valence-electron chi connectivity index (χ0n) is 14.6. The highest BCUT2D eigenvalue weighted by molar-refractivity contribution is 5.94. The molecule has 3 rings (SSSR count). The number of benzene rings is 2. The molecule has 0 aliphatic heterocycles. The molecule has 0 saturated carbocycles. The smallest absolute Gasteiger partial charge is 0.251 e. The molecule has 0 aromatic heterocycles. The van der Waals surface area contributed by atoms with Crippen LogP contribution in [-0.2, 0) is 16.8 Å². The molecule has 3 nitrogen and oxygen atoms in total. The van der Waals surface area contributed by atoms with E-state index in [1.807, 2.05) is 24.3 Å². The first-order valence-corrected chi connectivity index (χ1v) is 8.49. The highest BCUT2D eigenvalue weighted by Gasteiger charge is 2.32. The lowest BCUT2D eigenvalue weighted by Crippen LogP contribution is -2.35. The number of hydrogen-bond acceptors (Lipinski definition) is 2. The highest BCUT2D eigenvalue weighted by atomic mass is 16.5. The van der Waals surface area contributed by atoms with E-state index in [1.165, 1.54) is 11.1 Å². The van der Waals surface area contributed by atoms with E-state index in [4.69, 9.17) is 4.74 Å². The second-order valence-electron chi connectivity index (χ2n) is 7.17. The van der Waals surface area contributed by atoms with Crippen LogP contribution in [0.2, 0.25) is 0 Å². The summed E-state index contributed by atoms with van der Waals surface area (Å²) < 4.78 is 5.15. The number of amides is 1. The van der Waals surface area contributed by atoms with Gasteiger partial charge in [0.2, 0.25) is 0 Å². The number of rotatable bonds is 4. The van der Waals surface area contributed by atoms with E-state index in [1.54, 1.807) is 7.11 Å². The summed E-state index contributed by atoms with van der Waals surface area (Å²) in [6, 6.07) is 16.2. The quantitative estimate of drug-likeness (QED) is 0.907. The number of ether oxygens (including phenoxy) is 1. The maximum Gasteiger partial charge on any atom is 0.251 e. The number of methoxy groups -OCH3 is 1. The minimum Gasteiger partial charge on any atom is -0.380 e. The molecular weight excluding hydrogens is 298 g/mol. The Bertz CT molecular complexity index is 736. The van der Waals surface area contributed by atoms with Crippen LogP contribution in [0.5, 0.6) is 0 Å². The van der Waals surface area contributed by atoms with Gasteiger partial charge < -0.3 is 10.1 Å². The summed E-state index contributed by atoms with van der Waals surface area (Å²) in [7, 11) is 1.66. The largest absolute Gasteiger partial charge is 0.380 e. The van der Waals surface area contributed by atoms with Crippen molar-refractivity contribution in [2.45, 2.75) is 44.8 Å². The lowest BCUT2D eigenvalue weighted by atomic mass is 9.71. The van der Waals surface area contributed by atoms with Gasteiger partial charge in [0.05, 0.1) is 12.6 Å². The molecule has 126 valence electrons. The number of fused-ring (bicyclic) bond motifs is 1. The maximum atomic E-state index is 12.7. The Kier molecular flexibility index (Phi) is 4.72. The molecule has 2 aromatic rings. The molecule has 1 unspecified atom stereocenters. The van der Waals surface area contributed by atoms with Crippen molar-refractivity contribution in [1.82, 2.24) is 5.32 Å². The molecule has 24 heavy (non-hydrogen) atoms. The van der Waals surface area contributed by atoms with Crippen molar-refractivity contribution in [2.75, 3.05) is 7.11 Å². The van der Waals surface area contributed by atoms with Crippen molar-refractivity contribution in [3.05, 3.63) is 70.8 Å². The molecule has 3 heteroatoms. The molecule has 0 bridgehead atoms. The van der Waals surface area contributed by atoms with Crippen LogP contribution >= 0.6 is 0 Å². The van der Waals surface area contributed by atoms with Gasteiger partial charge in [-0.1, -0.05) is 50.2 Å². The van der Waals surface area contributed by atoms with Crippen LogP contribution in [-0.4, -0.2) is 13.0 Å². The van der Waals surface area contributed by atoms with Crippen molar-refractivity contribution in [3.8, 4) is 0 Å². The molecule has 1 aliphatic rings. The first-order chi connectivity index (χ1) is 11.5. The second-order valence-corrected chi connectivity index (χ2v) is 7.17. The predicted molar refractivity (Wildman–Crippen MR) is 96.1 cm³/mol. The fraction of sp³-hybridized carbons (Fsp3) is 0.381. The van der Waals surface area contributed by atoms with Gasteiger partial charge >= 0.3 is 0 Å². The Hall–Kier alpha value is -2.13. The van der Waals surface area contributed by atoms with Gasteiger partial charge in [-0.2, -0.15) is 0 Å². The zero-order chi connectivity index (χ0) is 17.2. The fourth-order valence-electron chi connectivity index (χ4n) is 3.57. The van der Waals surface area contributed by atoms with Crippen molar-refractivity contribution in [3.63, 3.8) is 0 Å². The third-order valence-corrected chi connectivity index (χ3v) is 4.93. The van der Waals surface area contributed by atoms with Gasteiger partial charge in [0.1, 0.15) is 0 Å². The van der Waals surface area contributed by atoms with Crippen molar-refractivity contribution >= 4 is 5.91 Å². The average Bonchev–Trinajstić information content (AvgIpc) is 2.58. The fourth-order valence-corrected chi connectivity index (χ4v) is 3.57. The van der Waals surface area contributed by atoms with Gasteiger partial charge in [0, 0.05) is 12.7 Å². The Morgan fingerprint density at radius 1 is 1.21 bits per heavy atom. The van der Waals surface area contributed by atoms with Crippen LogP contribution in [0.4, 0.5) is 0 Å². The Labute approximate surface area is 144 Å².